The van der Waals surface area contributed by atoms with E-state index in [1.54, 1.807) is 29.9 Å². The fourth-order valence-electron chi connectivity index (χ4n) is 2.89. The molecule has 24 heavy (non-hydrogen) atoms. The number of carbonyl (C=O) groups is 2. The number of ether oxygens (including phenoxy) is 1. The summed E-state index contributed by atoms with van der Waals surface area (Å²) in [5.74, 6) is 0.715. The van der Waals surface area contributed by atoms with Crippen LogP contribution in [0.3, 0.4) is 0 Å². The summed E-state index contributed by atoms with van der Waals surface area (Å²) in [5, 5.41) is 3.60. The molecule has 126 valence electrons. The summed E-state index contributed by atoms with van der Waals surface area (Å²) < 4.78 is 10.2. The molecule has 1 saturated heterocycles. The van der Waals surface area contributed by atoms with Gasteiger partial charge in [0.1, 0.15) is 5.75 Å². The number of nitrogens with zero attached hydrogens (tertiary/aromatic N) is 3. The van der Waals surface area contributed by atoms with Crippen LogP contribution in [0.25, 0.3) is 0 Å². The summed E-state index contributed by atoms with van der Waals surface area (Å²) in [6.45, 7) is 2.93. The fourth-order valence-corrected chi connectivity index (χ4v) is 2.89. The van der Waals surface area contributed by atoms with Gasteiger partial charge in [-0.1, -0.05) is 17.3 Å². The minimum atomic E-state index is -0.244. The van der Waals surface area contributed by atoms with Crippen LogP contribution in [0.2, 0.25) is 0 Å². The predicted molar refractivity (Wildman–Crippen MR) is 85.5 cm³/mol. The minimum Gasteiger partial charge on any atom is -0.497 e. The maximum atomic E-state index is 12.7. The molecule has 0 spiro atoms. The number of benzene rings is 1. The van der Waals surface area contributed by atoms with Gasteiger partial charge < -0.3 is 19.1 Å². The molecule has 1 atom stereocenters. The zero-order valence-electron chi connectivity index (χ0n) is 13.6. The number of hydrogen-bond acceptors (Lipinski definition) is 5. The summed E-state index contributed by atoms with van der Waals surface area (Å²) >= 11 is 0. The molecule has 3 rings (SSSR count). The van der Waals surface area contributed by atoms with E-state index in [4.69, 9.17) is 9.26 Å². The topological polar surface area (TPSA) is 75.9 Å². The van der Waals surface area contributed by atoms with Gasteiger partial charge in [-0.15, -0.1) is 0 Å². The minimum absolute atomic E-state index is 0.000255. The van der Waals surface area contributed by atoms with Crippen molar-refractivity contribution in [1.29, 1.82) is 0 Å². The van der Waals surface area contributed by atoms with Crippen LogP contribution in [0.4, 0.5) is 0 Å². The third-order valence-corrected chi connectivity index (χ3v) is 4.24. The Morgan fingerprint density at radius 2 is 1.96 bits per heavy atom. The van der Waals surface area contributed by atoms with Gasteiger partial charge in [0.25, 0.3) is 5.91 Å². The van der Waals surface area contributed by atoms with Crippen LogP contribution < -0.4 is 4.74 Å². The fraction of sp³-hybridized carbons (Fsp3) is 0.353. The Kier molecular flexibility index (Phi) is 4.50. The van der Waals surface area contributed by atoms with Crippen LogP contribution in [0.5, 0.6) is 5.75 Å². The monoisotopic (exact) mass is 329 g/mol. The zero-order chi connectivity index (χ0) is 17.1. The van der Waals surface area contributed by atoms with Crippen molar-refractivity contribution in [2.24, 2.45) is 0 Å². The molecule has 7 nitrogen and oxygen atoms in total. The highest BCUT2D eigenvalue weighted by atomic mass is 16.5. The average molecular weight is 329 g/mol. The van der Waals surface area contributed by atoms with Gasteiger partial charge in [-0.3, -0.25) is 9.59 Å². The molecule has 0 N–H and O–H groups in total. The van der Waals surface area contributed by atoms with Crippen molar-refractivity contribution < 1.29 is 18.8 Å². The molecule has 2 amide bonds. The van der Waals surface area contributed by atoms with Crippen molar-refractivity contribution in [2.45, 2.75) is 13.0 Å². The molecular formula is C17H19N3O4. The van der Waals surface area contributed by atoms with Gasteiger partial charge in [0.2, 0.25) is 11.7 Å². The van der Waals surface area contributed by atoms with E-state index >= 15 is 0 Å². The summed E-state index contributed by atoms with van der Waals surface area (Å²) in [5.41, 5.74) is 0.939. The first-order valence-electron chi connectivity index (χ1n) is 7.71. The molecular weight excluding hydrogens is 310 g/mol. The van der Waals surface area contributed by atoms with Crippen LogP contribution in [0, 0.1) is 0 Å². The molecule has 7 heteroatoms. The SMILES string of the molecule is COc1ccc([C@H]2CN(C(C)=O)CCN2C(=O)c2ccno2)cc1. The quantitative estimate of drug-likeness (QED) is 0.857. The Morgan fingerprint density at radius 3 is 2.54 bits per heavy atom. The molecule has 1 aliphatic rings. The molecule has 1 aromatic carbocycles. The van der Waals surface area contributed by atoms with Crippen molar-refractivity contribution in [3.8, 4) is 5.75 Å². The highest BCUT2D eigenvalue weighted by Crippen LogP contribution is 2.28. The lowest BCUT2D eigenvalue weighted by Crippen LogP contribution is -2.51. The number of aromatic nitrogens is 1. The van der Waals surface area contributed by atoms with Gasteiger partial charge in [0, 0.05) is 32.6 Å². The van der Waals surface area contributed by atoms with Gasteiger partial charge in [-0.25, -0.2) is 0 Å². The Hall–Kier alpha value is -2.83. The van der Waals surface area contributed by atoms with E-state index in [1.807, 2.05) is 24.3 Å². The Balaban J connectivity index is 1.90. The first-order valence-corrected chi connectivity index (χ1v) is 7.71. The normalized spacial score (nSPS) is 17.7. The molecule has 2 heterocycles. The molecule has 1 fully saturated rings. The van der Waals surface area contributed by atoms with E-state index in [0.29, 0.717) is 19.6 Å². The predicted octanol–water partition coefficient (Wildman–Crippen LogP) is 1.73. The number of methoxy groups -OCH3 is 1. The zero-order valence-corrected chi connectivity index (χ0v) is 13.6. The summed E-state index contributed by atoms with van der Waals surface area (Å²) in [4.78, 5) is 27.9. The Bertz CT molecular complexity index is 712. The van der Waals surface area contributed by atoms with Crippen LogP contribution in [-0.4, -0.2) is 53.5 Å². The molecule has 1 aliphatic heterocycles. The second kappa shape index (κ2) is 6.74. The van der Waals surface area contributed by atoms with Crippen LogP contribution in [0.15, 0.2) is 41.1 Å². The second-order valence-electron chi connectivity index (χ2n) is 5.63. The van der Waals surface area contributed by atoms with E-state index in [0.717, 1.165) is 11.3 Å². The number of carbonyl (C=O) groups excluding carboxylic acids is 2. The molecule has 0 unspecified atom stereocenters. The third-order valence-electron chi connectivity index (χ3n) is 4.24. The number of piperazine rings is 1. The molecule has 2 aromatic rings. The van der Waals surface area contributed by atoms with Crippen LogP contribution in [-0.2, 0) is 4.79 Å². The first kappa shape index (κ1) is 16.0. The van der Waals surface area contributed by atoms with Gasteiger partial charge >= 0.3 is 0 Å². The van der Waals surface area contributed by atoms with Crippen LogP contribution in [0.1, 0.15) is 29.1 Å². The van der Waals surface area contributed by atoms with E-state index < -0.39 is 0 Å². The molecule has 0 bridgehead atoms. The standard InChI is InChI=1S/C17H19N3O4/c1-12(21)19-9-10-20(17(22)16-7-8-18-24-16)15(11-19)13-3-5-14(23-2)6-4-13/h3-8,15H,9-11H2,1-2H3/t15-/m1/s1. The summed E-state index contributed by atoms with van der Waals surface area (Å²) in [6.07, 6.45) is 1.45. The van der Waals surface area contributed by atoms with Gasteiger partial charge in [-0.05, 0) is 17.7 Å². The van der Waals surface area contributed by atoms with Crippen molar-refractivity contribution in [2.75, 3.05) is 26.7 Å². The maximum absolute atomic E-state index is 12.7. The lowest BCUT2D eigenvalue weighted by atomic mass is 10.0. The molecule has 0 aliphatic carbocycles. The largest absolute Gasteiger partial charge is 0.497 e. The first-order chi connectivity index (χ1) is 11.6. The second-order valence-corrected chi connectivity index (χ2v) is 5.63. The van der Waals surface area contributed by atoms with Gasteiger partial charge in [-0.2, -0.15) is 0 Å². The Labute approximate surface area is 139 Å². The Morgan fingerprint density at radius 1 is 1.21 bits per heavy atom. The smallest absolute Gasteiger partial charge is 0.293 e. The molecule has 0 saturated carbocycles. The highest BCUT2D eigenvalue weighted by Gasteiger charge is 2.34. The summed E-state index contributed by atoms with van der Waals surface area (Å²) in [7, 11) is 1.60. The number of amides is 2. The average Bonchev–Trinajstić information content (AvgIpc) is 3.15. The molecule has 0 radical (unpaired) electrons. The highest BCUT2D eigenvalue weighted by molar-refractivity contribution is 5.91. The maximum Gasteiger partial charge on any atom is 0.293 e. The lowest BCUT2D eigenvalue weighted by Gasteiger charge is -2.41. The van der Waals surface area contributed by atoms with Crippen molar-refractivity contribution in [3.63, 3.8) is 0 Å². The molecule has 1 aromatic heterocycles. The van der Waals surface area contributed by atoms with E-state index in [9.17, 15) is 9.59 Å². The third kappa shape index (κ3) is 3.10. The van der Waals surface area contributed by atoms with Gasteiger partial charge in [0.15, 0.2) is 0 Å². The van der Waals surface area contributed by atoms with E-state index in [-0.39, 0.29) is 23.6 Å². The van der Waals surface area contributed by atoms with Crippen molar-refractivity contribution >= 4 is 11.8 Å². The number of hydrogen-bond donors (Lipinski definition) is 0. The number of rotatable bonds is 3. The van der Waals surface area contributed by atoms with Crippen LogP contribution >= 0.6 is 0 Å². The van der Waals surface area contributed by atoms with Crippen molar-refractivity contribution in [1.82, 2.24) is 15.0 Å². The van der Waals surface area contributed by atoms with Crippen molar-refractivity contribution in [3.05, 3.63) is 47.9 Å². The van der Waals surface area contributed by atoms with E-state index in [1.165, 1.54) is 6.20 Å². The van der Waals surface area contributed by atoms with Gasteiger partial charge in [0.05, 0.1) is 19.3 Å². The lowest BCUT2D eigenvalue weighted by molar-refractivity contribution is -0.131. The summed E-state index contributed by atoms with van der Waals surface area (Å²) in [6, 6.07) is 8.82. The van der Waals surface area contributed by atoms with E-state index in [2.05, 4.69) is 5.16 Å².